The molecule has 0 N–H and O–H groups in total. The Morgan fingerprint density at radius 2 is 0.875 bits per heavy atom. The van der Waals surface area contributed by atoms with Gasteiger partial charge in [0.2, 0.25) is 0 Å². The molecule has 0 aromatic heterocycles. The molecule has 0 heterocycles. The molecule has 0 radical (unpaired) electrons. The molecule has 16 heavy (non-hydrogen) atoms. The fraction of sp³-hybridized carbons (Fsp3) is 0.250. The van der Waals surface area contributed by atoms with Gasteiger partial charge in [0, 0.05) is 0 Å². The number of rotatable bonds is 3. The van der Waals surface area contributed by atoms with Crippen LogP contribution in [0.25, 0.3) is 0 Å². The van der Waals surface area contributed by atoms with E-state index in [0.717, 1.165) is 0 Å². The van der Waals surface area contributed by atoms with Gasteiger partial charge in [0.25, 0.3) is 0 Å². The SMILES string of the molecule is C[C@@H](c1ccccc1)[C@@H](C)c1ccccc1. The van der Waals surface area contributed by atoms with Crippen molar-refractivity contribution in [2.75, 3.05) is 0 Å². The minimum Gasteiger partial charge on any atom is -0.0622 e. The van der Waals surface area contributed by atoms with Crippen molar-refractivity contribution in [3.63, 3.8) is 0 Å². The Labute approximate surface area is 97.9 Å². The lowest BCUT2D eigenvalue weighted by atomic mass is 9.84. The first kappa shape index (κ1) is 10.9. The average Bonchev–Trinajstić information content (AvgIpc) is 2.39. The third-order valence-electron chi connectivity index (χ3n) is 3.40. The maximum Gasteiger partial charge on any atom is -0.0124 e. The van der Waals surface area contributed by atoms with Crippen LogP contribution >= 0.6 is 0 Å². The van der Waals surface area contributed by atoms with Gasteiger partial charge in [-0.25, -0.2) is 0 Å². The second-order valence-corrected chi connectivity index (χ2v) is 4.40. The first-order valence-electron chi connectivity index (χ1n) is 5.89. The van der Waals surface area contributed by atoms with Crippen LogP contribution in [0.4, 0.5) is 0 Å². The van der Waals surface area contributed by atoms with Crippen LogP contribution in [0, 0.1) is 0 Å². The van der Waals surface area contributed by atoms with Crippen molar-refractivity contribution < 1.29 is 0 Å². The molecule has 2 aromatic carbocycles. The molecule has 0 fully saturated rings. The fourth-order valence-corrected chi connectivity index (χ4v) is 2.09. The minimum absolute atomic E-state index is 0.559. The third kappa shape index (κ3) is 2.33. The van der Waals surface area contributed by atoms with Gasteiger partial charge in [-0.1, -0.05) is 74.5 Å². The molecule has 0 aliphatic rings. The summed E-state index contributed by atoms with van der Waals surface area (Å²) < 4.78 is 0. The van der Waals surface area contributed by atoms with Gasteiger partial charge in [0.15, 0.2) is 0 Å². The fourth-order valence-electron chi connectivity index (χ4n) is 2.09. The highest BCUT2D eigenvalue weighted by atomic mass is 14.2. The maximum atomic E-state index is 2.30. The van der Waals surface area contributed by atoms with E-state index < -0.39 is 0 Å². The zero-order valence-electron chi connectivity index (χ0n) is 9.93. The van der Waals surface area contributed by atoms with Crippen molar-refractivity contribution in [3.8, 4) is 0 Å². The maximum absolute atomic E-state index is 2.30. The van der Waals surface area contributed by atoms with Crippen LogP contribution in [-0.4, -0.2) is 0 Å². The molecule has 0 nitrogen and oxygen atoms in total. The molecule has 2 atom stereocenters. The van der Waals surface area contributed by atoms with E-state index in [1.165, 1.54) is 11.1 Å². The summed E-state index contributed by atoms with van der Waals surface area (Å²) >= 11 is 0. The number of benzene rings is 2. The summed E-state index contributed by atoms with van der Waals surface area (Å²) in [4.78, 5) is 0. The highest BCUT2D eigenvalue weighted by Gasteiger charge is 2.15. The van der Waals surface area contributed by atoms with E-state index in [-0.39, 0.29) is 0 Å². The van der Waals surface area contributed by atoms with E-state index in [1.807, 2.05) is 0 Å². The highest BCUT2D eigenvalue weighted by Crippen LogP contribution is 2.31. The van der Waals surface area contributed by atoms with E-state index in [2.05, 4.69) is 74.5 Å². The summed E-state index contributed by atoms with van der Waals surface area (Å²) in [6.45, 7) is 4.60. The summed E-state index contributed by atoms with van der Waals surface area (Å²) in [5, 5.41) is 0. The predicted octanol–water partition coefficient (Wildman–Crippen LogP) is 4.59. The van der Waals surface area contributed by atoms with Crippen LogP contribution in [0.5, 0.6) is 0 Å². The topological polar surface area (TPSA) is 0 Å². The zero-order chi connectivity index (χ0) is 11.4. The Balaban J connectivity index is 2.20. The van der Waals surface area contributed by atoms with Crippen LogP contribution in [-0.2, 0) is 0 Å². The van der Waals surface area contributed by atoms with E-state index >= 15 is 0 Å². The summed E-state index contributed by atoms with van der Waals surface area (Å²) in [6, 6.07) is 21.5. The molecule has 0 saturated carbocycles. The van der Waals surface area contributed by atoms with Crippen molar-refractivity contribution in [1.29, 1.82) is 0 Å². The molecule has 0 amide bonds. The lowest BCUT2D eigenvalue weighted by molar-refractivity contribution is 0.624. The predicted molar refractivity (Wildman–Crippen MR) is 69.7 cm³/mol. The Morgan fingerprint density at radius 1 is 0.562 bits per heavy atom. The third-order valence-corrected chi connectivity index (χ3v) is 3.40. The van der Waals surface area contributed by atoms with Gasteiger partial charge in [-0.05, 0) is 23.0 Å². The highest BCUT2D eigenvalue weighted by molar-refractivity contribution is 5.27. The van der Waals surface area contributed by atoms with Crippen LogP contribution in [0.2, 0.25) is 0 Å². The van der Waals surface area contributed by atoms with Gasteiger partial charge in [-0.2, -0.15) is 0 Å². The van der Waals surface area contributed by atoms with Crippen molar-refractivity contribution >= 4 is 0 Å². The molecule has 0 spiro atoms. The quantitative estimate of drug-likeness (QED) is 0.695. The van der Waals surface area contributed by atoms with Crippen LogP contribution in [0.3, 0.4) is 0 Å². The van der Waals surface area contributed by atoms with Crippen molar-refractivity contribution in [2.24, 2.45) is 0 Å². The average molecular weight is 210 g/mol. The Hall–Kier alpha value is -1.56. The van der Waals surface area contributed by atoms with E-state index in [0.29, 0.717) is 11.8 Å². The standard InChI is InChI=1S/C16H18/c1-13(15-9-5-3-6-10-15)14(2)16-11-7-4-8-12-16/h3-14H,1-2H3/t13-,14-/m1/s1. The summed E-state index contributed by atoms with van der Waals surface area (Å²) in [5.74, 6) is 1.12. The van der Waals surface area contributed by atoms with Crippen molar-refractivity contribution in [1.82, 2.24) is 0 Å². The minimum atomic E-state index is 0.559. The second kappa shape index (κ2) is 4.98. The molecule has 0 heteroatoms. The van der Waals surface area contributed by atoms with Crippen LogP contribution < -0.4 is 0 Å². The number of hydrogen-bond acceptors (Lipinski definition) is 0. The Morgan fingerprint density at radius 3 is 1.19 bits per heavy atom. The molecule has 0 aliphatic heterocycles. The largest absolute Gasteiger partial charge is 0.0622 e. The normalized spacial score (nSPS) is 14.4. The van der Waals surface area contributed by atoms with E-state index in [1.54, 1.807) is 0 Å². The molecule has 2 aromatic rings. The van der Waals surface area contributed by atoms with Gasteiger partial charge in [-0.3, -0.25) is 0 Å². The molecule has 2 rings (SSSR count). The van der Waals surface area contributed by atoms with Gasteiger partial charge in [-0.15, -0.1) is 0 Å². The summed E-state index contributed by atoms with van der Waals surface area (Å²) in [7, 11) is 0. The first-order valence-corrected chi connectivity index (χ1v) is 5.89. The molecule has 0 saturated heterocycles. The summed E-state index contributed by atoms with van der Waals surface area (Å²) in [5.41, 5.74) is 2.83. The Bertz CT molecular complexity index is 373. The molecule has 0 aliphatic carbocycles. The van der Waals surface area contributed by atoms with Crippen molar-refractivity contribution in [3.05, 3.63) is 71.8 Å². The monoisotopic (exact) mass is 210 g/mol. The molecule has 82 valence electrons. The zero-order valence-corrected chi connectivity index (χ0v) is 9.93. The number of hydrogen-bond donors (Lipinski definition) is 0. The molecular weight excluding hydrogens is 192 g/mol. The van der Waals surface area contributed by atoms with E-state index in [9.17, 15) is 0 Å². The van der Waals surface area contributed by atoms with E-state index in [4.69, 9.17) is 0 Å². The molecule has 0 unspecified atom stereocenters. The molecule has 0 bridgehead atoms. The van der Waals surface area contributed by atoms with Crippen molar-refractivity contribution in [2.45, 2.75) is 25.7 Å². The molecular formula is C16H18. The lowest BCUT2D eigenvalue weighted by Crippen LogP contribution is -2.04. The van der Waals surface area contributed by atoms with Crippen LogP contribution in [0.1, 0.15) is 36.8 Å². The van der Waals surface area contributed by atoms with Crippen LogP contribution in [0.15, 0.2) is 60.7 Å². The van der Waals surface area contributed by atoms with Gasteiger partial charge < -0.3 is 0 Å². The van der Waals surface area contributed by atoms with Gasteiger partial charge in [0.1, 0.15) is 0 Å². The van der Waals surface area contributed by atoms with Gasteiger partial charge >= 0.3 is 0 Å². The lowest BCUT2D eigenvalue weighted by Gasteiger charge is -2.20. The first-order chi connectivity index (χ1) is 7.79. The van der Waals surface area contributed by atoms with Gasteiger partial charge in [0.05, 0.1) is 0 Å². The smallest absolute Gasteiger partial charge is 0.0124 e. The summed E-state index contributed by atoms with van der Waals surface area (Å²) in [6.07, 6.45) is 0. The second-order valence-electron chi connectivity index (χ2n) is 4.40. The Kier molecular flexibility index (Phi) is 3.40.